The molecule has 4 heteroatoms. The minimum Gasteiger partial charge on any atom is -0.478 e. The number of carboxylic acids is 1. The highest BCUT2D eigenvalue weighted by Gasteiger charge is 2.29. The van der Waals surface area contributed by atoms with Gasteiger partial charge in [0.2, 0.25) is 0 Å². The first-order chi connectivity index (χ1) is 11.5. The van der Waals surface area contributed by atoms with Crippen LogP contribution in [0.3, 0.4) is 0 Å². The number of carbonyl (C=O) groups excluding carboxylic acids is 1. The van der Waals surface area contributed by atoms with Crippen molar-refractivity contribution in [2.24, 2.45) is 0 Å². The van der Waals surface area contributed by atoms with Crippen molar-refractivity contribution in [2.45, 2.75) is 32.2 Å². The first kappa shape index (κ1) is 16.2. The van der Waals surface area contributed by atoms with Crippen molar-refractivity contribution in [2.75, 3.05) is 6.54 Å². The minimum atomic E-state index is -1.01. The zero-order valence-corrected chi connectivity index (χ0v) is 13.7. The Morgan fingerprint density at radius 2 is 1.83 bits per heavy atom. The number of likely N-dealkylation sites (tertiary alicyclic amines) is 1. The van der Waals surface area contributed by atoms with Crippen LogP contribution in [-0.4, -0.2) is 34.5 Å². The Bertz CT molecular complexity index is 752. The number of aromatic carboxylic acids is 1. The minimum absolute atomic E-state index is 0.0762. The lowest BCUT2D eigenvalue weighted by Gasteiger charge is -2.25. The van der Waals surface area contributed by atoms with Gasteiger partial charge in [0, 0.05) is 18.2 Å². The molecule has 2 aromatic carbocycles. The normalized spacial score (nSPS) is 17.0. The van der Waals surface area contributed by atoms with Gasteiger partial charge < -0.3 is 10.0 Å². The van der Waals surface area contributed by atoms with E-state index in [2.05, 4.69) is 31.2 Å². The third kappa shape index (κ3) is 3.48. The number of carbonyl (C=O) groups is 2. The summed E-state index contributed by atoms with van der Waals surface area (Å²) in [7, 11) is 0. The molecule has 2 aromatic rings. The topological polar surface area (TPSA) is 57.6 Å². The number of hydrogen-bond acceptors (Lipinski definition) is 2. The molecule has 1 heterocycles. The second-order valence-electron chi connectivity index (χ2n) is 6.37. The molecule has 1 fully saturated rings. The molecule has 1 atom stereocenters. The smallest absolute Gasteiger partial charge is 0.335 e. The van der Waals surface area contributed by atoms with Gasteiger partial charge in [-0.2, -0.15) is 0 Å². The van der Waals surface area contributed by atoms with E-state index in [1.807, 2.05) is 4.90 Å². The van der Waals surface area contributed by atoms with Crippen LogP contribution in [0.4, 0.5) is 0 Å². The Labute approximate surface area is 141 Å². The van der Waals surface area contributed by atoms with Crippen LogP contribution in [0.1, 0.15) is 44.7 Å². The van der Waals surface area contributed by atoms with Gasteiger partial charge >= 0.3 is 5.97 Å². The summed E-state index contributed by atoms with van der Waals surface area (Å²) >= 11 is 0. The lowest BCUT2D eigenvalue weighted by molar-refractivity contribution is 0.0697. The predicted octanol–water partition coefficient (Wildman–Crippen LogP) is 3.54. The summed E-state index contributed by atoms with van der Waals surface area (Å²) in [6, 6.07) is 14.9. The number of nitrogens with zero attached hydrogens (tertiary/aromatic N) is 1. The maximum Gasteiger partial charge on any atom is 0.335 e. The average Bonchev–Trinajstić information content (AvgIpc) is 3.04. The molecule has 0 bridgehead atoms. The quantitative estimate of drug-likeness (QED) is 0.936. The summed E-state index contributed by atoms with van der Waals surface area (Å²) in [5.41, 5.74) is 3.05. The summed E-state index contributed by atoms with van der Waals surface area (Å²) in [6.07, 6.45) is 2.81. The van der Waals surface area contributed by atoms with E-state index < -0.39 is 5.97 Å². The standard InChI is InChI=1S/C20H21NO3/c1-14-7-9-15(10-8-14)12-18-6-3-11-21(18)19(22)16-4-2-5-17(13-16)20(23)24/h2,4-5,7-10,13,18H,3,6,11-12H2,1H3,(H,23,24). The first-order valence-electron chi connectivity index (χ1n) is 8.24. The molecule has 3 rings (SSSR count). The monoisotopic (exact) mass is 323 g/mol. The molecular weight excluding hydrogens is 302 g/mol. The van der Waals surface area contributed by atoms with Crippen LogP contribution in [0.15, 0.2) is 48.5 Å². The van der Waals surface area contributed by atoms with Crippen LogP contribution in [0.2, 0.25) is 0 Å². The summed E-state index contributed by atoms with van der Waals surface area (Å²) < 4.78 is 0. The second kappa shape index (κ2) is 6.87. The van der Waals surface area contributed by atoms with Gasteiger partial charge in [0.1, 0.15) is 0 Å². The van der Waals surface area contributed by atoms with Crippen molar-refractivity contribution in [3.05, 3.63) is 70.8 Å². The SMILES string of the molecule is Cc1ccc(CC2CCCN2C(=O)c2cccc(C(=O)O)c2)cc1. The van der Waals surface area contributed by atoms with Gasteiger partial charge in [-0.15, -0.1) is 0 Å². The number of hydrogen-bond donors (Lipinski definition) is 1. The highest BCUT2D eigenvalue weighted by molar-refractivity contribution is 5.97. The molecule has 4 nitrogen and oxygen atoms in total. The van der Waals surface area contributed by atoms with Gasteiger partial charge in [-0.05, 0) is 49.9 Å². The largest absolute Gasteiger partial charge is 0.478 e. The van der Waals surface area contributed by atoms with E-state index in [1.165, 1.54) is 23.3 Å². The maximum absolute atomic E-state index is 12.8. The molecule has 1 saturated heterocycles. The van der Waals surface area contributed by atoms with Crippen LogP contribution in [0, 0.1) is 6.92 Å². The fourth-order valence-corrected chi connectivity index (χ4v) is 3.26. The van der Waals surface area contributed by atoms with Crippen LogP contribution >= 0.6 is 0 Å². The highest BCUT2D eigenvalue weighted by Crippen LogP contribution is 2.24. The van der Waals surface area contributed by atoms with Crippen molar-refractivity contribution in [1.29, 1.82) is 0 Å². The second-order valence-corrected chi connectivity index (χ2v) is 6.37. The number of carboxylic acid groups (broad SMARTS) is 1. The Morgan fingerprint density at radius 1 is 1.12 bits per heavy atom. The van der Waals surface area contributed by atoms with Crippen LogP contribution < -0.4 is 0 Å². The Morgan fingerprint density at radius 3 is 2.54 bits per heavy atom. The van der Waals surface area contributed by atoms with Gasteiger partial charge in [-0.1, -0.05) is 35.9 Å². The van der Waals surface area contributed by atoms with Gasteiger partial charge in [0.05, 0.1) is 5.56 Å². The van der Waals surface area contributed by atoms with Gasteiger partial charge in [-0.25, -0.2) is 4.79 Å². The number of aryl methyl sites for hydroxylation is 1. The zero-order valence-electron chi connectivity index (χ0n) is 13.7. The van der Waals surface area contributed by atoms with E-state index >= 15 is 0 Å². The van der Waals surface area contributed by atoms with Crippen molar-refractivity contribution >= 4 is 11.9 Å². The number of amides is 1. The van der Waals surface area contributed by atoms with Crippen LogP contribution in [0.5, 0.6) is 0 Å². The van der Waals surface area contributed by atoms with E-state index in [0.29, 0.717) is 5.56 Å². The molecule has 1 aliphatic rings. The zero-order chi connectivity index (χ0) is 17.1. The van der Waals surface area contributed by atoms with Gasteiger partial charge in [-0.3, -0.25) is 4.79 Å². The van der Waals surface area contributed by atoms with E-state index in [1.54, 1.807) is 12.1 Å². The summed E-state index contributed by atoms with van der Waals surface area (Å²) in [6.45, 7) is 2.79. The maximum atomic E-state index is 12.8. The third-order valence-corrected chi connectivity index (χ3v) is 4.59. The highest BCUT2D eigenvalue weighted by atomic mass is 16.4. The van der Waals surface area contributed by atoms with Crippen molar-refractivity contribution in [1.82, 2.24) is 4.90 Å². The molecule has 1 unspecified atom stereocenters. The van der Waals surface area contributed by atoms with Crippen molar-refractivity contribution in [3.8, 4) is 0 Å². The Balaban J connectivity index is 1.77. The fourth-order valence-electron chi connectivity index (χ4n) is 3.26. The van der Waals surface area contributed by atoms with Gasteiger partial charge in [0.25, 0.3) is 5.91 Å². The molecule has 24 heavy (non-hydrogen) atoms. The van der Waals surface area contributed by atoms with E-state index in [-0.39, 0.29) is 17.5 Å². The molecule has 0 aromatic heterocycles. The van der Waals surface area contributed by atoms with Crippen LogP contribution in [-0.2, 0) is 6.42 Å². The van der Waals surface area contributed by atoms with E-state index in [4.69, 9.17) is 5.11 Å². The molecule has 0 spiro atoms. The number of benzene rings is 2. The van der Waals surface area contributed by atoms with Crippen molar-refractivity contribution in [3.63, 3.8) is 0 Å². The van der Waals surface area contributed by atoms with Gasteiger partial charge in [0.15, 0.2) is 0 Å². The summed E-state index contributed by atoms with van der Waals surface area (Å²) in [5, 5.41) is 9.10. The molecule has 0 radical (unpaired) electrons. The average molecular weight is 323 g/mol. The fraction of sp³-hybridized carbons (Fsp3) is 0.300. The third-order valence-electron chi connectivity index (χ3n) is 4.59. The first-order valence-corrected chi connectivity index (χ1v) is 8.24. The molecule has 124 valence electrons. The summed E-state index contributed by atoms with van der Waals surface area (Å²) in [4.78, 5) is 25.8. The Kier molecular flexibility index (Phi) is 4.65. The lowest BCUT2D eigenvalue weighted by Crippen LogP contribution is -2.36. The Hall–Kier alpha value is -2.62. The predicted molar refractivity (Wildman–Crippen MR) is 92.3 cm³/mol. The lowest BCUT2D eigenvalue weighted by atomic mass is 10.0. The van der Waals surface area contributed by atoms with Crippen molar-refractivity contribution < 1.29 is 14.7 Å². The molecule has 1 aliphatic heterocycles. The molecule has 0 saturated carbocycles. The molecular formula is C20H21NO3. The molecule has 1 N–H and O–H groups in total. The molecule has 0 aliphatic carbocycles. The summed E-state index contributed by atoms with van der Waals surface area (Å²) in [5.74, 6) is -1.09. The molecule has 1 amide bonds. The van der Waals surface area contributed by atoms with E-state index in [0.717, 1.165) is 25.8 Å². The number of rotatable bonds is 4. The van der Waals surface area contributed by atoms with Crippen LogP contribution in [0.25, 0.3) is 0 Å². The van der Waals surface area contributed by atoms with E-state index in [9.17, 15) is 9.59 Å².